The van der Waals surface area contributed by atoms with Gasteiger partial charge < -0.3 is 4.74 Å². The zero-order valence-corrected chi connectivity index (χ0v) is 16.9. The minimum absolute atomic E-state index is 0.186. The Balaban J connectivity index is 1.50. The lowest BCUT2D eigenvalue weighted by Crippen LogP contribution is -1.98. The van der Waals surface area contributed by atoms with Crippen molar-refractivity contribution in [3.8, 4) is 11.1 Å². The second kappa shape index (κ2) is 7.43. The Morgan fingerprint density at radius 1 is 1.21 bits per heavy atom. The molecule has 2 fully saturated rings. The maximum Gasteiger partial charge on any atom is 0.129 e. The summed E-state index contributed by atoms with van der Waals surface area (Å²) >= 11 is 0. The Kier molecular flexibility index (Phi) is 4.97. The van der Waals surface area contributed by atoms with Crippen molar-refractivity contribution in [2.75, 3.05) is 0 Å². The maximum atomic E-state index is 14.4. The summed E-state index contributed by atoms with van der Waals surface area (Å²) in [5, 5.41) is 0. The van der Waals surface area contributed by atoms with Gasteiger partial charge in [0.2, 0.25) is 0 Å². The lowest BCUT2D eigenvalue weighted by molar-refractivity contribution is 0.208. The van der Waals surface area contributed by atoms with Crippen molar-refractivity contribution in [1.29, 1.82) is 0 Å². The standard InChI is InChI=1S/C26H27FO/c1-5-23-20(13-21-14-24(21)23)11-18(4)28-15-22-12-19(9-10-25(22)27)26-16(2)7-6-8-17(26)3/h5-12,21,24H,4,13-15H2,1-3H3/b20-11-,23-5+. The van der Waals surface area contributed by atoms with Gasteiger partial charge in [-0.3, -0.25) is 0 Å². The molecule has 2 unspecified atom stereocenters. The third-order valence-electron chi connectivity index (χ3n) is 6.05. The van der Waals surface area contributed by atoms with E-state index in [0.29, 0.717) is 11.3 Å². The maximum absolute atomic E-state index is 14.4. The predicted octanol–water partition coefficient (Wildman–Crippen LogP) is 7.05. The highest BCUT2D eigenvalue weighted by atomic mass is 19.1. The normalized spacial score (nSPS) is 23.1. The van der Waals surface area contributed by atoms with E-state index in [4.69, 9.17) is 4.74 Å². The van der Waals surface area contributed by atoms with E-state index in [2.05, 4.69) is 45.6 Å². The van der Waals surface area contributed by atoms with E-state index in [1.165, 1.54) is 34.8 Å². The van der Waals surface area contributed by atoms with E-state index in [0.717, 1.165) is 29.4 Å². The molecule has 4 rings (SSSR count). The first-order valence-corrected chi connectivity index (χ1v) is 10.0. The zero-order valence-electron chi connectivity index (χ0n) is 16.9. The summed E-state index contributed by atoms with van der Waals surface area (Å²) < 4.78 is 20.2. The van der Waals surface area contributed by atoms with Gasteiger partial charge in [0.15, 0.2) is 0 Å². The SMILES string of the molecule is C=C(/C=C1/CC2CC2/C1=C/C)OCc1cc(-c2c(C)cccc2C)ccc1F. The van der Waals surface area contributed by atoms with E-state index in [1.807, 2.05) is 24.3 Å². The van der Waals surface area contributed by atoms with Crippen molar-refractivity contribution in [2.24, 2.45) is 11.8 Å². The predicted molar refractivity (Wildman–Crippen MR) is 113 cm³/mol. The number of halogens is 1. The molecule has 0 spiro atoms. The summed E-state index contributed by atoms with van der Waals surface area (Å²) in [7, 11) is 0. The smallest absolute Gasteiger partial charge is 0.129 e. The number of allylic oxidation sites excluding steroid dienone is 4. The minimum atomic E-state index is -0.244. The summed E-state index contributed by atoms with van der Waals surface area (Å²) in [6.45, 7) is 10.5. The average molecular weight is 374 g/mol. The molecule has 0 aliphatic heterocycles. The fraction of sp³-hybridized carbons (Fsp3) is 0.308. The Labute approximate surface area is 167 Å². The lowest BCUT2D eigenvalue weighted by atomic mass is 9.94. The fourth-order valence-electron chi connectivity index (χ4n) is 4.55. The van der Waals surface area contributed by atoms with Crippen molar-refractivity contribution in [3.63, 3.8) is 0 Å². The van der Waals surface area contributed by atoms with Crippen molar-refractivity contribution in [3.05, 3.63) is 94.5 Å². The van der Waals surface area contributed by atoms with Crippen molar-refractivity contribution in [2.45, 2.75) is 40.2 Å². The van der Waals surface area contributed by atoms with Crippen LogP contribution in [0.3, 0.4) is 0 Å². The number of aryl methyl sites for hydroxylation is 2. The Morgan fingerprint density at radius 3 is 2.68 bits per heavy atom. The Bertz CT molecular complexity index is 975. The second-order valence-electron chi connectivity index (χ2n) is 8.05. The van der Waals surface area contributed by atoms with E-state index in [1.54, 1.807) is 0 Å². The topological polar surface area (TPSA) is 9.23 Å². The van der Waals surface area contributed by atoms with Gasteiger partial charge in [-0.15, -0.1) is 0 Å². The van der Waals surface area contributed by atoms with Gasteiger partial charge in [0.05, 0.1) is 0 Å². The number of benzene rings is 2. The molecule has 0 saturated heterocycles. The number of fused-ring (bicyclic) bond motifs is 1. The first-order valence-electron chi connectivity index (χ1n) is 10.0. The fourth-order valence-corrected chi connectivity index (χ4v) is 4.55. The van der Waals surface area contributed by atoms with Gasteiger partial charge in [-0.05, 0) is 97.1 Å². The molecule has 2 aromatic rings. The molecule has 1 nitrogen and oxygen atoms in total. The molecule has 0 amide bonds. The summed E-state index contributed by atoms with van der Waals surface area (Å²) in [6.07, 6.45) is 6.68. The highest BCUT2D eigenvalue weighted by molar-refractivity contribution is 5.71. The van der Waals surface area contributed by atoms with Gasteiger partial charge in [-0.2, -0.15) is 0 Å². The largest absolute Gasteiger partial charge is 0.489 e. The van der Waals surface area contributed by atoms with Crippen molar-refractivity contribution < 1.29 is 9.13 Å². The summed E-state index contributed by atoms with van der Waals surface area (Å²) in [4.78, 5) is 0. The lowest BCUT2D eigenvalue weighted by Gasteiger charge is -2.13. The summed E-state index contributed by atoms with van der Waals surface area (Å²) in [6, 6.07) is 11.5. The monoisotopic (exact) mass is 374 g/mol. The van der Waals surface area contributed by atoms with Gasteiger partial charge in [-0.25, -0.2) is 4.39 Å². The van der Waals surface area contributed by atoms with E-state index >= 15 is 0 Å². The molecular formula is C26H27FO. The van der Waals surface area contributed by atoms with Gasteiger partial charge in [0.25, 0.3) is 0 Å². The van der Waals surface area contributed by atoms with Crippen LogP contribution in [-0.2, 0) is 11.3 Å². The molecule has 28 heavy (non-hydrogen) atoms. The van der Waals surface area contributed by atoms with Crippen LogP contribution >= 0.6 is 0 Å². The summed E-state index contributed by atoms with van der Waals surface area (Å²) in [5.74, 6) is 1.92. The first kappa shape index (κ1) is 18.7. The molecule has 2 heteroatoms. The first-order chi connectivity index (χ1) is 13.5. The molecule has 0 N–H and O–H groups in total. The van der Waals surface area contributed by atoms with Gasteiger partial charge >= 0.3 is 0 Å². The molecule has 0 radical (unpaired) electrons. The van der Waals surface area contributed by atoms with Crippen LogP contribution in [0.5, 0.6) is 0 Å². The number of ether oxygens (including phenoxy) is 1. The van der Waals surface area contributed by atoms with Crippen molar-refractivity contribution >= 4 is 0 Å². The Morgan fingerprint density at radius 2 is 1.96 bits per heavy atom. The van der Waals surface area contributed by atoms with Crippen LogP contribution in [0.1, 0.15) is 36.5 Å². The molecular weight excluding hydrogens is 347 g/mol. The highest BCUT2D eigenvalue weighted by Gasteiger charge is 2.46. The average Bonchev–Trinajstić information content (AvgIpc) is 3.33. The van der Waals surface area contributed by atoms with E-state index < -0.39 is 0 Å². The van der Waals surface area contributed by atoms with Crippen LogP contribution in [0.25, 0.3) is 11.1 Å². The van der Waals surface area contributed by atoms with E-state index in [9.17, 15) is 4.39 Å². The number of hydrogen-bond donors (Lipinski definition) is 0. The molecule has 2 aromatic carbocycles. The van der Waals surface area contributed by atoms with E-state index in [-0.39, 0.29) is 12.4 Å². The van der Waals surface area contributed by atoms with Crippen LogP contribution in [0, 0.1) is 31.5 Å². The van der Waals surface area contributed by atoms with Gasteiger partial charge in [0.1, 0.15) is 18.2 Å². The molecule has 0 bridgehead atoms. The molecule has 2 saturated carbocycles. The number of hydrogen-bond acceptors (Lipinski definition) is 1. The molecule has 0 aromatic heterocycles. The van der Waals surface area contributed by atoms with Crippen LogP contribution in [-0.4, -0.2) is 0 Å². The molecule has 0 heterocycles. The number of rotatable bonds is 5. The minimum Gasteiger partial charge on any atom is -0.489 e. The second-order valence-corrected chi connectivity index (χ2v) is 8.05. The Hall–Kier alpha value is -2.61. The molecule has 144 valence electrons. The molecule has 2 aliphatic carbocycles. The summed E-state index contributed by atoms with van der Waals surface area (Å²) in [5.41, 5.74) is 7.88. The molecule has 2 aliphatic rings. The van der Waals surface area contributed by atoms with Crippen LogP contribution in [0.2, 0.25) is 0 Å². The highest BCUT2D eigenvalue weighted by Crippen LogP contribution is 2.57. The quantitative estimate of drug-likeness (QED) is 0.509. The third-order valence-corrected chi connectivity index (χ3v) is 6.05. The molecule has 2 atom stereocenters. The van der Waals surface area contributed by atoms with Crippen LogP contribution in [0.4, 0.5) is 4.39 Å². The van der Waals surface area contributed by atoms with Gasteiger partial charge in [0, 0.05) is 5.56 Å². The van der Waals surface area contributed by atoms with Crippen LogP contribution < -0.4 is 0 Å². The zero-order chi connectivity index (χ0) is 19.8. The van der Waals surface area contributed by atoms with Crippen LogP contribution in [0.15, 0.2) is 72.0 Å². The van der Waals surface area contributed by atoms with Gasteiger partial charge in [-0.1, -0.05) is 36.9 Å². The van der Waals surface area contributed by atoms with Crippen molar-refractivity contribution in [1.82, 2.24) is 0 Å². The third kappa shape index (κ3) is 3.56.